The Morgan fingerprint density at radius 2 is 2.00 bits per heavy atom. The molecule has 0 aliphatic rings. The predicted octanol–water partition coefficient (Wildman–Crippen LogP) is 1.85. The number of hydrogen-bond donors (Lipinski definition) is 2. The summed E-state index contributed by atoms with van der Waals surface area (Å²) in [7, 11) is 1.65. The lowest BCUT2D eigenvalue weighted by Gasteiger charge is -2.13. The molecule has 1 unspecified atom stereocenters. The van der Waals surface area contributed by atoms with Gasteiger partial charge in [-0.05, 0) is 37.6 Å². The number of methoxy groups -OCH3 is 1. The third-order valence-corrected chi connectivity index (χ3v) is 2.31. The van der Waals surface area contributed by atoms with Crippen LogP contribution < -0.4 is 11.1 Å². The first kappa shape index (κ1) is 15.7. The van der Waals surface area contributed by atoms with Crippen molar-refractivity contribution >= 4 is 24.0 Å². The molecule has 17 heavy (non-hydrogen) atoms. The van der Waals surface area contributed by atoms with Crippen molar-refractivity contribution in [3.8, 4) is 0 Å². The first-order valence-corrected chi connectivity index (χ1v) is 5.29. The number of carbonyl (C=O) groups is 1. The number of ether oxygens (including phenoxy) is 1. The van der Waals surface area contributed by atoms with Crippen LogP contribution in [0, 0.1) is 0 Å². The highest BCUT2D eigenvalue weighted by Gasteiger charge is 2.08. The molecule has 1 atom stereocenters. The van der Waals surface area contributed by atoms with Crippen LogP contribution in [0.4, 0.5) is 5.69 Å². The minimum absolute atomic E-state index is 0. The Hall–Kier alpha value is -1.26. The van der Waals surface area contributed by atoms with E-state index >= 15 is 0 Å². The van der Waals surface area contributed by atoms with Gasteiger partial charge in [0.1, 0.15) is 0 Å². The molecule has 0 aromatic heterocycles. The molecular weight excluding hydrogens is 240 g/mol. The molecule has 0 heterocycles. The largest absolute Gasteiger partial charge is 0.399 e. The maximum absolute atomic E-state index is 11.7. The van der Waals surface area contributed by atoms with Crippen molar-refractivity contribution in [2.24, 2.45) is 0 Å². The van der Waals surface area contributed by atoms with Crippen LogP contribution in [0.5, 0.6) is 0 Å². The summed E-state index contributed by atoms with van der Waals surface area (Å²) in [6.07, 6.45) is 0.803. The number of benzene rings is 1. The number of carbonyl (C=O) groups excluding carboxylic acids is 1. The van der Waals surface area contributed by atoms with Crippen LogP contribution in [-0.4, -0.2) is 25.7 Å². The van der Waals surface area contributed by atoms with Gasteiger partial charge in [-0.1, -0.05) is 0 Å². The molecule has 1 rings (SSSR count). The number of amides is 1. The van der Waals surface area contributed by atoms with Gasteiger partial charge in [-0.3, -0.25) is 4.79 Å². The maximum Gasteiger partial charge on any atom is 0.251 e. The average molecular weight is 259 g/mol. The predicted molar refractivity (Wildman–Crippen MR) is 71.5 cm³/mol. The minimum Gasteiger partial charge on any atom is -0.399 e. The van der Waals surface area contributed by atoms with Gasteiger partial charge in [-0.25, -0.2) is 0 Å². The number of nitrogens with two attached hydrogens (primary N) is 1. The van der Waals surface area contributed by atoms with Crippen molar-refractivity contribution in [3.63, 3.8) is 0 Å². The van der Waals surface area contributed by atoms with E-state index in [2.05, 4.69) is 5.32 Å². The quantitative estimate of drug-likeness (QED) is 0.793. The number of anilines is 1. The van der Waals surface area contributed by atoms with Crippen molar-refractivity contribution < 1.29 is 9.53 Å². The van der Waals surface area contributed by atoms with Gasteiger partial charge in [0.15, 0.2) is 0 Å². The molecule has 4 nitrogen and oxygen atoms in total. The van der Waals surface area contributed by atoms with Crippen LogP contribution in [0.15, 0.2) is 24.3 Å². The number of halogens is 1. The Kier molecular flexibility index (Phi) is 7.34. The summed E-state index contributed by atoms with van der Waals surface area (Å²) in [6.45, 7) is 2.59. The number of hydrogen-bond acceptors (Lipinski definition) is 3. The van der Waals surface area contributed by atoms with Crippen LogP contribution >= 0.6 is 12.4 Å². The molecule has 96 valence electrons. The Balaban J connectivity index is 0.00000256. The van der Waals surface area contributed by atoms with Gasteiger partial charge in [0, 0.05) is 31.0 Å². The highest BCUT2D eigenvalue weighted by Crippen LogP contribution is 2.05. The minimum atomic E-state index is -0.0800. The zero-order valence-corrected chi connectivity index (χ0v) is 10.9. The zero-order chi connectivity index (χ0) is 12.0. The molecule has 5 heteroatoms. The van der Waals surface area contributed by atoms with Crippen LogP contribution in [0.3, 0.4) is 0 Å². The van der Waals surface area contributed by atoms with Crippen molar-refractivity contribution in [3.05, 3.63) is 29.8 Å². The van der Waals surface area contributed by atoms with E-state index < -0.39 is 0 Å². The third-order valence-electron chi connectivity index (χ3n) is 2.31. The molecule has 1 amide bonds. The van der Waals surface area contributed by atoms with Gasteiger partial charge in [-0.2, -0.15) is 0 Å². The maximum atomic E-state index is 11.7. The van der Waals surface area contributed by atoms with Gasteiger partial charge >= 0.3 is 0 Å². The lowest BCUT2D eigenvalue weighted by molar-refractivity contribution is 0.0929. The summed E-state index contributed by atoms with van der Waals surface area (Å²) in [6, 6.07) is 6.97. The van der Waals surface area contributed by atoms with Crippen LogP contribution in [0.2, 0.25) is 0 Å². The van der Waals surface area contributed by atoms with E-state index in [0.717, 1.165) is 6.42 Å². The summed E-state index contributed by atoms with van der Waals surface area (Å²) in [5.74, 6) is -0.0800. The third kappa shape index (κ3) is 5.56. The van der Waals surface area contributed by atoms with Crippen molar-refractivity contribution in [2.45, 2.75) is 19.4 Å². The van der Waals surface area contributed by atoms with E-state index in [0.29, 0.717) is 17.9 Å². The second kappa shape index (κ2) is 7.92. The van der Waals surface area contributed by atoms with E-state index in [-0.39, 0.29) is 24.4 Å². The van der Waals surface area contributed by atoms with Crippen LogP contribution in [0.25, 0.3) is 0 Å². The molecule has 0 saturated carbocycles. The Morgan fingerprint density at radius 1 is 1.41 bits per heavy atom. The standard InChI is InChI=1S/C12H18N2O2.ClH/c1-9(7-8-16-2)14-12(15)10-3-5-11(13)6-4-10;/h3-6,9H,7-8,13H2,1-2H3,(H,14,15);1H. The lowest BCUT2D eigenvalue weighted by atomic mass is 10.1. The summed E-state index contributed by atoms with van der Waals surface area (Å²) < 4.78 is 4.95. The molecule has 0 aliphatic heterocycles. The summed E-state index contributed by atoms with van der Waals surface area (Å²) in [5, 5.41) is 2.89. The molecule has 1 aromatic carbocycles. The second-order valence-corrected chi connectivity index (χ2v) is 3.78. The van der Waals surface area contributed by atoms with Gasteiger partial charge in [-0.15, -0.1) is 12.4 Å². The Bertz CT molecular complexity index is 341. The topological polar surface area (TPSA) is 64.3 Å². The monoisotopic (exact) mass is 258 g/mol. The highest BCUT2D eigenvalue weighted by atomic mass is 35.5. The first-order chi connectivity index (χ1) is 7.63. The fraction of sp³-hybridized carbons (Fsp3) is 0.417. The van der Waals surface area contributed by atoms with Gasteiger partial charge in [0.2, 0.25) is 0 Å². The highest BCUT2D eigenvalue weighted by molar-refractivity contribution is 5.94. The summed E-state index contributed by atoms with van der Waals surface area (Å²) in [4.78, 5) is 11.7. The van der Waals surface area contributed by atoms with Crippen molar-refractivity contribution in [1.29, 1.82) is 0 Å². The average Bonchev–Trinajstić information content (AvgIpc) is 2.27. The Morgan fingerprint density at radius 3 is 2.53 bits per heavy atom. The first-order valence-electron chi connectivity index (χ1n) is 5.29. The fourth-order valence-corrected chi connectivity index (χ4v) is 1.31. The molecule has 3 N–H and O–H groups in total. The summed E-state index contributed by atoms with van der Waals surface area (Å²) in [5.41, 5.74) is 6.83. The molecule has 0 bridgehead atoms. The normalized spacial score (nSPS) is 11.4. The second-order valence-electron chi connectivity index (χ2n) is 3.78. The zero-order valence-electron chi connectivity index (χ0n) is 10.1. The van der Waals surface area contributed by atoms with Crippen LogP contribution in [0.1, 0.15) is 23.7 Å². The molecule has 0 aliphatic carbocycles. The van der Waals surface area contributed by atoms with E-state index in [1.54, 1.807) is 31.4 Å². The molecule has 1 aromatic rings. The molecule has 0 radical (unpaired) electrons. The Labute approximate surface area is 108 Å². The molecule has 0 saturated heterocycles. The lowest BCUT2D eigenvalue weighted by Crippen LogP contribution is -2.33. The molecule has 0 fully saturated rings. The van der Waals surface area contributed by atoms with E-state index in [9.17, 15) is 4.79 Å². The van der Waals surface area contributed by atoms with Crippen molar-refractivity contribution in [2.75, 3.05) is 19.5 Å². The van der Waals surface area contributed by atoms with E-state index in [1.807, 2.05) is 6.92 Å². The summed E-state index contributed by atoms with van der Waals surface area (Å²) >= 11 is 0. The molecular formula is C12H19ClN2O2. The van der Waals surface area contributed by atoms with Gasteiger partial charge in [0.25, 0.3) is 5.91 Å². The fourth-order valence-electron chi connectivity index (χ4n) is 1.31. The van der Waals surface area contributed by atoms with Gasteiger partial charge < -0.3 is 15.8 Å². The number of nitrogens with one attached hydrogen (secondary N) is 1. The number of rotatable bonds is 5. The molecule has 0 spiro atoms. The van der Waals surface area contributed by atoms with E-state index in [1.165, 1.54) is 0 Å². The van der Waals surface area contributed by atoms with Crippen LogP contribution in [-0.2, 0) is 4.74 Å². The van der Waals surface area contributed by atoms with Gasteiger partial charge in [0.05, 0.1) is 0 Å². The van der Waals surface area contributed by atoms with Crippen molar-refractivity contribution in [1.82, 2.24) is 5.32 Å². The SMILES string of the molecule is COCCC(C)NC(=O)c1ccc(N)cc1.Cl. The smallest absolute Gasteiger partial charge is 0.251 e. The van der Waals surface area contributed by atoms with E-state index in [4.69, 9.17) is 10.5 Å². The number of nitrogen functional groups attached to an aromatic ring is 1.